The number of rotatable bonds is 4. The third-order valence-electron chi connectivity index (χ3n) is 3.28. The Morgan fingerprint density at radius 1 is 1.00 bits per heavy atom. The van der Waals surface area contributed by atoms with Gasteiger partial charge < -0.3 is 14.3 Å². The number of hydrogen-bond donors (Lipinski definition) is 0. The molecule has 0 radical (unpaired) electrons. The van der Waals surface area contributed by atoms with Gasteiger partial charge in [-0.3, -0.25) is 0 Å². The van der Waals surface area contributed by atoms with E-state index < -0.39 is 0 Å². The van der Waals surface area contributed by atoms with E-state index in [2.05, 4.69) is 4.85 Å². The van der Waals surface area contributed by atoms with Gasteiger partial charge in [-0.25, -0.2) is 6.57 Å². The van der Waals surface area contributed by atoms with Gasteiger partial charge in [0, 0.05) is 12.5 Å². The molecule has 0 aliphatic carbocycles. The van der Waals surface area contributed by atoms with Gasteiger partial charge in [0.05, 0.1) is 19.8 Å². The largest absolute Gasteiger partial charge is 0.496 e. The molecule has 2 aromatic carbocycles. The second kappa shape index (κ2) is 6.12. The zero-order chi connectivity index (χ0) is 14.5. The summed E-state index contributed by atoms with van der Waals surface area (Å²) in [6.45, 7) is 9.05. The lowest BCUT2D eigenvalue weighted by molar-refractivity contribution is 0.399. The summed E-state index contributed by atoms with van der Waals surface area (Å²) in [5.74, 6) is 1.47. The first kappa shape index (κ1) is 14.0. The minimum atomic E-state index is -0.260. The molecule has 3 nitrogen and oxygen atoms in total. The van der Waals surface area contributed by atoms with E-state index in [4.69, 9.17) is 16.0 Å². The summed E-state index contributed by atoms with van der Waals surface area (Å²) in [6.07, 6.45) is 0. The molecule has 0 N–H and O–H groups in total. The van der Waals surface area contributed by atoms with Gasteiger partial charge in [0.2, 0.25) is 6.04 Å². The summed E-state index contributed by atoms with van der Waals surface area (Å²) < 4.78 is 10.9. The number of methoxy groups -OCH3 is 2. The number of nitrogens with zero attached hydrogens (tertiary/aromatic N) is 1. The second-order valence-electron chi connectivity index (χ2n) is 4.47. The van der Waals surface area contributed by atoms with Crippen LogP contribution in [0.1, 0.15) is 18.5 Å². The van der Waals surface area contributed by atoms with Gasteiger partial charge in [-0.05, 0) is 17.7 Å². The van der Waals surface area contributed by atoms with E-state index in [-0.39, 0.29) is 6.04 Å². The Labute approximate surface area is 119 Å². The summed E-state index contributed by atoms with van der Waals surface area (Å²) in [4.78, 5) is 3.56. The van der Waals surface area contributed by atoms with Crippen LogP contribution in [-0.4, -0.2) is 14.2 Å². The molecular weight excluding hydrogens is 250 g/mol. The maximum atomic E-state index is 7.19. The van der Waals surface area contributed by atoms with E-state index in [0.717, 1.165) is 22.4 Å². The van der Waals surface area contributed by atoms with Crippen LogP contribution in [0, 0.1) is 6.57 Å². The third-order valence-corrected chi connectivity index (χ3v) is 3.28. The van der Waals surface area contributed by atoms with Crippen molar-refractivity contribution in [2.75, 3.05) is 14.2 Å². The van der Waals surface area contributed by atoms with Crippen LogP contribution in [0.25, 0.3) is 16.0 Å². The molecule has 0 amide bonds. The Kier molecular flexibility index (Phi) is 4.27. The van der Waals surface area contributed by atoms with Crippen LogP contribution in [0.15, 0.2) is 42.5 Å². The maximum absolute atomic E-state index is 7.19. The highest BCUT2D eigenvalue weighted by Crippen LogP contribution is 2.39. The molecule has 0 aromatic heterocycles. The first-order chi connectivity index (χ1) is 9.71. The molecule has 0 fully saturated rings. The third kappa shape index (κ3) is 2.60. The van der Waals surface area contributed by atoms with E-state index in [1.54, 1.807) is 14.2 Å². The van der Waals surface area contributed by atoms with E-state index in [9.17, 15) is 0 Å². The van der Waals surface area contributed by atoms with E-state index in [1.807, 2.05) is 49.4 Å². The van der Waals surface area contributed by atoms with Crippen molar-refractivity contribution in [3.63, 3.8) is 0 Å². The smallest absolute Gasteiger partial charge is 0.249 e. The molecule has 0 saturated carbocycles. The fourth-order valence-electron chi connectivity index (χ4n) is 2.16. The summed E-state index contributed by atoms with van der Waals surface area (Å²) in [5, 5.41) is 0. The minimum absolute atomic E-state index is 0.260. The van der Waals surface area contributed by atoms with Gasteiger partial charge in [-0.1, -0.05) is 30.3 Å². The topological polar surface area (TPSA) is 22.8 Å². The molecule has 102 valence electrons. The molecular formula is C17H17NO2. The standard InChI is InChI=1S/C17H17NO2/c1-12(18-2)14-10-17(20-4)15(11-16(14)19-3)13-8-6-5-7-9-13/h5-12H,1,3-4H3. The van der Waals surface area contributed by atoms with Gasteiger partial charge in [-0.15, -0.1) is 0 Å². The van der Waals surface area contributed by atoms with Gasteiger partial charge in [0.15, 0.2) is 0 Å². The molecule has 1 unspecified atom stereocenters. The molecule has 0 saturated heterocycles. The number of hydrogen-bond acceptors (Lipinski definition) is 2. The number of benzene rings is 2. The van der Waals surface area contributed by atoms with Crippen molar-refractivity contribution in [1.29, 1.82) is 0 Å². The Hall–Kier alpha value is -2.47. The Bertz CT molecular complexity index is 629. The molecule has 1 atom stereocenters. The average molecular weight is 267 g/mol. The monoisotopic (exact) mass is 267 g/mol. The highest BCUT2D eigenvalue weighted by Gasteiger charge is 2.19. The maximum Gasteiger partial charge on any atom is 0.249 e. The van der Waals surface area contributed by atoms with Crippen molar-refractivity contribution in [2.24, 2.45) is 0 Å². The van der Waals surface area contributed by atoms with Crippen molar-refractivity contribution >= 4 is 0 Å². The summed E-state index contributed by atoms with van der Waals surface area (Å²) in [6, 6.07) is 13.6. The van der Waals surface area contributed by atoms with Crippen molar-refractivity contribution in [1.82, 2.24) is 0 Å². The predicted octanol–water partition coefficient (Wildman–Crippen LogP) is 4.35. The van der Waals surface area contributed by atoms with Crippen LogP contribution in [0.5, 0.6) is 11.5 Å². The highest BCUT2D eigenvalue weighted by molar-refractivity contribution is 5.73. The average Bonchev–Trinajstić information content (AvgIpc) is 2.53. The lowest BCUT2D eigenvalue weighted by Gasteiger charge is -2.14. The van der Waals surface area contributed by atoms with Crippen LogP contribution in [-0.2, 0) is 0 Å². The minimum Gasteiger partial charge on any atom is -0.496 e. The van der Waals surface area contributed by atoms with Gasteiger partial charge in [0.1, 0.15) is 11.5 Å². The second-order valence-corrected chi connectivity index (χ2v) is 4.47. The quantitative estimate of drug-likeness (QED) is 0.768. The number of ether oxygens (including phenoxy) is 2. The van der Waals surface area contributed by atoms with E-state index in [1.165, 1.54) is 0 Å². The molecule has 2 aromatic rings. The van der Waals surface area contributed by atoms with Crippen molar-refractivity contribution < 1.29 is 9.47 Å². The van der Waals surface area contributed by atoms with E-state index >= 15 is 0 Å². The highest BCUT2D eigenvalue weighted by atomic mass is 16.5. The summed E-state index contributed by atoms with van der Waals surface area (Å²) in [7, 11) is 3.26. The lowest BCUT2D eigenvalue weighted by atomic mass is 9.99. The SMILES string of the molecule is [C-]#[N+]C(C)c1cc(OC)c(-c2ccccc2)cc1OC. The van der Waals surface area contributed by atoms with Crippen molar-refractivity contribution in [3.05, 3.63) is 59.4 Å². The van der Waals surface area contributed by atoms with Crippen molar-refractivity contribution in [2.45, 2.75) is 13.0 Å². The Morgan fingerprint density at radius 2 is 1.65 bits per heavy atom. The fourth-order valence-corrected chi connectivity index (χ4v) is 2.16. The van der Waals surface area contributed by atoms with Gasteiger partial charge >= 0.3 is 0 Å². The molecule has 0 spiro atoms. The molecule has 0 heterocycles. The lowest BCUT2D eigenvalue weighted by Crippen LogP contribution is -1.98. The van der Waals surface area contributed by atoms with Crippen LogP contribution in [0.4, 0.5) is 0 Å². The van der Waals surface area contributed by atoms with Crippen LogP contribution >= 0.6 is 0 Å². The van der Waals surface area contributed by atoms with Gasteiger partial charge in [-0.2, -0.15) is 0 Å². The van der Waals surface area contributed by atoms with Crippen molar-refractivity contribution in [3.8, 4) is 22.6 Å². The first-order valence-corrected chi connectivity index (χ1v) is 6.39. The molecule has 3 heteroatoms. The summed E-state index contributed by atoms with van der Waals surface area (Å²) >= 11 is 0. The Balaban J connectivity index is 2.62. The molecule has 2 rings (SSSR count). The fraction of sp³-hybridized carbons (Fsp3) is 0.235. The first-order valence-electron chi connectivity index (χ1n) is 6.39. The normalized spacial score (nSPS) is 11.5. The molecule has 0 bridgehead atoms. The Morgan fingerprint density at radius 3 is 2.20 bits per heavy atom. The summed E-state index contributed by atoms with van der Waals surface area (Å²) in [5.41, 5.74) is 2.87. The van der Waals surface area contributed by atoms with E-state index in [0.29, 0.717) is 5.75 Å². The molecule has 0 aliphatic rings. The zero-order valence-electron chi connectivity index (χ0n) is 11.9. The predicted molar refractivity (Wildman–Crippen MR) is 80.0 cm³/mol. The molecule has 0 aliphatic heterocycles. The van der Waals surface area contributed by atoms with Crippen LogP contribution < -0.4 is 9.47 Å². The zero-order valence-corrected chi connectivity index (χ0v) is 11.9. The molecule has 20 heavy (non-hydrogen) atoms. The van der Waals surface area contributed by atoms with Crippen LogP contribution in [0.3, 0.4) is 0 Å². The van der Waals surface area contributed by atoms with Gasteiger partial charge in [0.25, 0.3) is 0 Å². The van der Waals surface area contributed by atoms with Crippen LogP contribution in [0.2, 0.25) is 0 Å².